The number of methoxy groups -OCH3 is 1. The minimum atomic E-state index is -3.70. The Kier molecular flexibility index (Phi) is 2.97. The van der Waals surface area contributed by atoms with E-state index < -0.39 is 10.2 Å². The van der Waals surface area contributed by atoms with Crippen LogP contribution in [0.2, 0.25) is 0 Å². The predicted octanol–water partition coefficient (Wildman–Crippen LogP) is 0.619. The van der Waals surface area contributed by atoms with Gasteiger partial charge in [-0.15, -0.1) is 0 Å². The molecule has 0 heterocycles. The van der Waals surface area contributed by atoms with E-state index in [0.717, 1.165) is 5.56 Å². The van der Waals surface area contributed by atoms with Crippen molar-refractivity contribution in [3.63, 3.8) is 0 Å². The van der Waals surface area contributed by atoms with E-state index in [9.17, 15) is 8.42 Å². The molecule has 0 aromatic heterocycles. The summed E-state index contributed by atoms with van der Waals surface area (Å²) in [5.74, 6) is 0.699. The van der Waals surface area contributed by atoms with Crippen molar-refractivity contribution < 1.29 is 13.2 Å². The summed E-state index contributed by atoms with van der Waals surface area (Å²) in [5.41, 5.74) is 1.26. The quantitative estimate of drug-likeness (QED) is 0.777. The van der Waals surface area contributed by atoms with Crippen LogP contribution in [-0.4, -0.2) is 15.5 Å². The Bertz CT molecular complexity index is 428. The number of hydrogen-bond donors (Lipinski definition) is 2. The van der Waals surface area contributed by atoms with Crippen LogP contribution in [-0.2, 0) is 10.2 Å². The summed E-state index contributed by atoms with van der Waals surface area (Å²) >= 11 is 0. The molecular formula is C8H12N2O3S. The van der Waals surface area contributed by atoms with Crippen LogP contribution in [0, 0.1) is 6.92 Å². The van der Waals surface area contributed by atoms with E-state index in [1.165, 1.54) is 0 Å². The maximum Gasteiger partial charge on any atom is 0.296 e. The second-order valence-electron chi connectivity index (χ2n) is 2.83. The molecule has 1 rings (SSSR count). The SMILES string of the molecule is COc1ccc(NS(N)(=O)=O)cc1C. The van der Waals surface area contributed by atoms with E-state index in [1.807, 2.05) is 6.92 Å². The zero-order valence-electron chi connectivity index (χ0n) is 7.94. The molecule has 0 saturated carbocycles. The topological polar surface area (TPSA) is 81.4 Å². The number of anilines is 1. The first kappa shape index (κ1) is 10.8. The molecule has 1 aromatic rings. The summed E-state index contributed by atoms with van der Waals surface area (Å²) in [5, 5.41) is 4.82. The summed E-state index contributed by atoms with van der Waals surface area (Å²) in [6.45, 7) is 1.81. The second kappa shape index (κ2) is 3.85. The summed E-state index contributed by atoms with van der Waals surface area (Å²) < 4.78 is 28.6. The first-order valence-corrected chi connectivity index (χ1v) is 5.42. The number of aryl methyl sites for hydroxylation is 1. The van der Waals surface area contributed by atoms with Gasteiger partial charge in [-0.05, 0) is 30.7 Å². The van der Waals surface area contributed by atoms with Crippen molar-refractivity contribution in [3.05, 3.63) is 23.8 Å². The Morgan fingerprint density at radius 2 is 2.07 bits per heavy atom. The molecular weight excluding hydrogens is 204 g/mol. The molecule has 0 aliphatic rings. The third-order valence-corrected chi connectivity index (χ3v) is 2.18. The lowest BCUT2D eigenvalue weighted by atomic mass is 10.2. The van der Waals surface area contributed by atoms with Crippen LogP contribution in [0.4, 0.5) is 5.69 Å². The standard InChI is InChI=1S/C8H12N2O3S/c1-6-5-7(10-14(9,11)12)3-4-8(6)13-2/h3-5,10H,1-2H3,(H2,9,11,12). The summed E-state index contributed by atoms with van der Waals surface area (Å²) in [7, 11) is -2.15. The highest BCUT2D eigenvalue weighted by Crippen LogP contribution is 2.21. The molecule has 0 amide bonds. The van der Waals surface area contributed by atoms with Gasteiger partial charge in [0.05, 0.1) is 12.8 Å². The molecule has 0 saturated heterocycles. The molecule has 3 N–H and O–H groups in total. The number of benzene rings is 1. The summed E-state index contributed by atoms with van der Waals surface area (Å²) in [6.07, 6.45) is 0. The van der Waals surface area contributed by atoms with E-state index in [0.29, 0.717) is 11.4 Å². The average molecular weight is 216 g/mol. The molecule has 0 bridgehead atoms. The molecule has 0 radical (unpaired) electrons. The maximum absolute atomic E-state index is 10.7. The van der Waals surface area contributed by atoms with Crippen molar-refractivity contribution in [1.82, 2.24) is 0 Å². The number of rotatable bonds is 3. The Balaban J connectivity index is 2.98. The van der Waals surface area contributed by atoms with E-state index >= 15 is 0 Å². The van der Waals surface area contributed by atoms with Crippen molar-refractivity contribution in [1.29, 1.82) is 0 Å². The maximum atomic E-state index is 10.7. The van der Waals surface area contributed by atoms with Gasteiger partial charge in [0.1, 0.15) is 5.75 Å². The van der Waals surface area contributed by atoms with Gasteiger partial charge in [-0.3, -0.25) is 4.72 Å². The minimum absolute atomic E-state index is 0.422. The zero-order valence-corrected chi connectivity index (χ0v) is 8.76. The van der Waals surface area contributed by atoms with Crippen molar-refractivity contribution >= 4 is 15.9 Å². The van der Waals surface area contributed by atoms with Crippen LogP contribution < -0.4 is 14.6 Å². The van der Waals surface area contributed by atoms with Crippen molar-refractivity contribution in [3.8, 4) is 5.75 Å². The zero-order chi connectivity index (χ0) is 10.8. The fourth-order valence-corrected chi connectivity index (χ4v) is 1.56. The van der Waals surface area contributed by atoms with Gasteiger partial charge in [0.25, 0.3) is 10.2 Å². The summed E-state index contributed by atoms with van der Waals surface area (Å²) in [6, 6.07) is 4.89. The Hall–Kier alpha value is -1.27. The fraction of sp³-hybridized carbons (Fsp3) is 0.250. The molecule has 0 spiro atoms. The third-order valence-electron chi connectivity index (χ3n) is 1.65. The van der Waals surface area contributed by atoms with E-state index in [-0.39, 0.29) is 0 Å². The molecule has 6 heteroatoms. The minimum Gasteiger partial charge on any atom is -0.496 e. The van der Waals surface area contributed by atoms with Crippen LogP contribution in [0.15, 0.2) is 18.2 Å². The Morgan fingerprint density at radius 1 is 1.43 bits per heavy atom. The number of hydrogen-bond acceptors (Lipinski definition) is 3. The van der Waals surface area contributed by atoms with Crippen LogP contribution >= 0.6 is 0 Å². The van der Waals surface area contributed by atoms with Gasteiger partial charge in [-0.1, -0.05) is 0 Å². The van der Waals surface area contributed by atoms with Gasteiger partial charge in [-0.2, -0.15) is 8.42 Å². The van der Waals surface area contributed by atoms with Gasteiger partial charge < -0.3 is 4.74 Å². The predicted molar refractivity (Wildman–Crippen MR) is 54.5 cm³/mol. The molecule has 78 valence electrons. The number of ether oxygens (including phenoxy) is 1. The fourth-order valence-electron chi connectivity index (χ4n) is 1.11. The monoisotopic (exact) mass is 216 g/mol. The van der Waals surface area contributed by atoms with E-state index in [1.54, 1.807) is 25.3 Å². The van der Waals surface area contributed by atoms with Crippen molar-refractivity contribution in [2.45, 2.75) is 6.92 Å². The molecule has 0 aliphatic heterocycles. The lowest BCUT2D eigenvalue weighted by Gasteiger charge is -2.07. The van der Waals surface area contributed by atoms with Gasteiger partial charge in [0.15, 0.2) is 0 Å². The van der Waals surface area contributed by atoms with Crippen LogP contribution in [0.25, 0.3) is 0 Å². The smallest absolute Gasteiger partial charge is 0.296 e. The number of nitrogens with two attached hydrogens (primary N) is 1. The van der Waals surface area contributed by atoms with Crippen molar-refractivity contribution in [2.75, 3.05) is 11.8 Å². The molecule has 0 atom stereocenters. The van der Waals surface area contributed by atoms with Crippen LogP contribution in [0.1, 0.15) is 5.56 Å². The molecule has 14 heavy (non-hydrogen) atoms. The van der Waals surface area contributed by atoms with Gasteiger partial charge in [0.2, 0.25) is 0 Å². The number of nitrogens with one attached hydrogen (secondary N) is 1. The summed E-state index contributed by atoms with van der Waals surface area (Å²) in [4.78, 5) is 0. The Labute approximate surface area is 83.1 Å². The lowest BCUT2D eigenvalue weighted by molar-refractivity contribution is 0.412. The molecule has 5 nitrogen and oxygen atoms in total. The van der Waals surface area contributed by atoms with E-state index in [4.69, 9.17) is 9.88 Å². The largest absolute Gasteiger partial charge is 0.496 e. The highest BCUT2D eigenvalue weighted by molar-refractivity contribution is 7.90. The average Bonchev–Trinajstić information content (AvgIpc) is 2.01. The molecule has 0 aliphatic carbocycles. The highest BCUT2D eigenvalue weighted by Gasteiger charge is 2.04. The van der Waals surface area contributed by atoms with Crippen LogP contribution in [0.5, 0.6) is 5.75 Å². The first-order chi connectivity index (χ1) is 6.42. The van der Waals surface area contributed by atoms with E-state index in [2.05, 4.69) is 4.72 Å². The van der Waals surface area contributed by atoms with Gasteiger partial charge >= 0.3 is 0 Å². The second-order valence-corrected chi connectivity index (χ2v) is 4.13. The van der Waals surface area contributed by atoms with Gasteiger partial charge in [0, 0.05) is 0 Å². The Morgan fingerprint density at radius 3 is 2.50 bits per heavy atom. The first-order valence-electron chi connectivity index (χ1n) is 3.87. The van der Waals surface area contributed by atoms with Crippen LogP contribution in [0.3, 0.4) is 0 Å². The normalized spacial score (nSPS) is 11.1. The highest BCUT2D eigenvalue weighted by atomic mass is 32.2. The van der Waals surface area contributed by atoms with Gasteiger partial charge in [-0.25, -0.2) is 5.14 Å². The molecule has 1 aromatic carbocycles. The molecule has 0 unspecified atom stereocenters. The molecule has 0 fully saturated rings. The lowest BCUT2D eigenvalue weighted by Crippen LogP contribution is -2.21. The van der Waals surface area contributed by atoms with Crippen molar-refractivity contribution in [2.24, 2.45) is 5.14 Å². The third kappa shape index (κ3) is 2.90.